The van der Waals surface area contributed by atoms with E-state index in [1.165, 1.54) is 25.1 Å². The highest BCUT2D eigenvalue weighted by Gasteiger charge is 2.42. The van der Waals surface area contributed by atoms with Crippen LogP contribution in [0.5, 0.6) is 0 Å². The van der Waals surface area contributed by atoms with Crippen LogP contribution in [0.1, 0.15) is 16.2 Å². The Bertz CT molecular complexity index is 667. The van der Waals surface area contributed by atoms with E-state index in [0.717, 1.165) is 4.57 Å². The summed E-state index contributed by atoms with van der Waals surface area (Å²) in [4.78, 5) is 15.0. The number of alkyl halides is 4. The molecule has 0 aliphatic carbocycles. The van der Waals surface area contributed by atoms with E-state index in [9.17, 15) is 22.4 Å². The summed E-state index contributed by atoms with van der Waals surface area (Å²) in [5.41, 5.74) is -0.168. The van der Waals surface area contributed by atoms with Gasteiger partial charge in [0.1, 0.15) is 5.82 Å². The number of halogens is 4. The molecule has 0 atom stereocenters. The molecule has 8 heteroatoms. The first-order valence-electron chi connectivity index (χ1n) is 5.59. The number of hydrogen-bond donors (Lipinski definition) is 1. The maximum atomic E-state index is 13.2. The minimum atomic E-state index is -4.26. The van der Waals surface area contributed by atoms with Crippen LogP contribution in [0.2, 0.25) is 0 Å². The fraction of sp³-hybridized carbons (Fsp3) is 0.333. The second kappa shape index (κ2) is 4.77. The van der Waals surface area contributed by atoms with Gasteiger partial charge in [-0.3, -0.25) is 0 Å². The molecule has 1 heterocycles. The van der Waals surface area contributed by atoms with Crippen molar-refractivity contribution in [3.63, 3.8) is 0 Å². The summed E-state index contributed by atoms with van der Waals surface area (Å²) in [6, 6.07) is 4.06. The van der Waals surface area contributed by atoms with Crippen LogP contribution < -0.4 is 0 Å². The first-order valence-corrected chi connectivity index (χ1v) is 5.59. The Labute approximate surface area is 110 Å². The molecule has 0 radical (unpaired) electrons. The van der Waals surface area contributed by atoms with Crippen molar-refractivity contribution < 1.29 is 27.5 Å². The number of aromatic carboxylic acids is 1. The average Bonchev–Trinajstić information content (AvgIpc) is 2.65. The molecule has 0 saturated carbocycles. The molecule has 0 spiro atoms. The molecule has 0 aliphatic rings. The first kappa shape index (κ1) is 14.3. The normalized spacial score (nSPS) is 12.3. The SMILES string of the molecule is Cc1nc2cccc(C(=O)O)c2n1CC(F)(F)C(F)F. The summed E-state index contributed by atoms with van der Waals surface area (Å²) < 4.78 is 51.8. The molecule has 1 aromatic carbocycles. The molecular formula is C12H10F4N2O2. The monoisotopic (exact) mass is 290 g/mol. The van der Waals surface area contributed by atoms with Crippen LogP contribution in [-0.4, -0.2) is 33.0 Å². The summed E-state index contributed by atoms with van der Waals surface area (Å²) in [7, 11) is 0. The molecule has 0 saturated heterocycles. The number of carbonyl (C=O) groups is 1. The molecule has 108 valence electrons. The minimum Gasteiger partial charge on any atom is -0.478 e. The number of hydrogen-bond acceptors (Lipinski definition) is 2. The van der Waals surface area contributed by atoms with Crippen molar-refractivity contribution in [2.75, 3.05) is 0 Å². The third kappa shape index (κ3) is 2.33. The number of benzene rings is 1. The predicted octanol–water partition coefficient (Wildman–Crippen LogP) is 2.94. The van der Waals surface area contributed by atoms with Crippen molar-refractivity contribution in [2.24, 2.45) is 0 Å². The van der Waals surface area contributed by atoms with Crippen LogP contribution in [0, 0.1) is 6.92 Å². The lowest BCUT2D eigenvalue weighted by Gasteiger charge is -2.17. The molecule has 2 aromatic rings. The van der Waals surface area contributed by atoms with E-state index >= 15 is 0 Å². The zero-order chi connectivity index (χ0) is 15.1. The Kier molecular flexibility index (Phi) is 3.41. The number of para-hydroxylation sites is 1. The summed E-state index contributed by atoms with van der Waals surface area (Å²) in [5.74, 6) is -5.55. The molecule has 1 aromatic heterocycles. The van der Waals surface area contributed by atoms with Crippen molar-refractivity contribution in [3.05, 3.63) is 29.6 Å². The Balaban J connectivity index is 2.64. The summed E-state index contributed by atoms with van der Waals surface area (Å²) in [6.07, 6.45) is -3.84. The second-order valence-electron chi connectivity index (χ2n) is 4.29. The van der Waals surface area contributed by atoms with Gasteiger partial charge in [0, 0.05) is 0 Å². The van der Waals surface area contributed by atoms with E-state index in [2.05, 4.69) is 4.98 Å². The number of fused-ring (bicyclic) bond motifs is 1. The van der Waals surface area contributed by atoms with Crippen molar-refractivity contribution in [2.45, 2.75) is 25.8 Å². The highest BCUT2D eigenvalue weighted by Crippen LogP contribution is 2.29. The Morgan fingerprint density at radius 1 is 1.45 bits per heavy atom. The third-order valence-corrected chi connectivity index (χ3v) is 2.88. The fourth-order valence-electron chi connectivity index (χ4n) is 1.95. The van der Waals surface area contributed by atoms with Crippen molar-refractivity contribution in [1.82, 2.24) is 9.55 Å². The number of aryl methyl sites for hydroxylation is 1. The number of carboxylic acid groups (broad SMARTS) is 1. The quantitative estimate of drug-likeness (QED) is 0.881. The smallest absolute Gasteiger partial charge is 0.337 e. The van der Waals surface area contributed by atoms with Crippen molar-refractivity contribution in [1.29, 1.82) is 0 Å². The maximum Gasteiger partial charge on any atom is 0.337 e. The van der Waals surface area contributed by atoms with Crippen LogP contribution in [0.25, 0.3) is 11.0 Å². The molecule has 20 heavy (non-hydrogen) atoms. The number of carboxylic acids is 1. The topological polar surface area (TPSA) is 55.1 Å². The predicted molar refractivity (Wildman–Crippen MR) is 62.4 cm³/mol. The molecule has 1 N–H and O–H groups in total. The van der Waals surface area contributed by atoms with Gasteiger partial charge in [-0.05, 0) is 19.1 Å². The molecule has 0 bridgehead atoms. The zero-order valence-corrected chi connectivity index (χ0v) is 10.3. The van der Waals surface area contributed by atoms with E-state index in [4.69, 9.17) is 5.11 Å². The van der Waals surface area contributed by atoms with Gasteiger partial charge in [-0.1, -0.05) is 6.07 Å². The summed E-state index contributed by atoms with van der Waals surface area (Å²) in [5, 5.41) is 9.05. The van der Waals surface area contributed by atoms with E-state index in [-0.39, 0.29) is 22.4 Å². The molecule has 4 nitrogen and oxygen atoms in total. The van der Waals surface area contributed by atoms with Gasteiger partial charge >= 0.3 is 18.3 Å². The average molecular weight is 290 g/mol. The Hall–Kier alpha value is -2.12. The lowest BCUT2D eigenvalue weighted by atomic mass is 10.2. The molecule has 2 rings (SSSR count). The number of nitrogens with zero attached hydrogens (tertiary/aromatic N) is 2. The van der Waals surface area contributed by atoms with Crippen molar-refractivity contribution >= 4 is 17.0 Å². The van der Waals surface area contributed by atoms with E-state index < -0.39 is 24.9 Å². The lowest BCUT2D eigenvalue weighted by Crippen LogP contribution is -2.32. The lowest BCUT2D eigenvalue weighted by molar-refractivity contribution is -0.137. The van der Waals surface area contributed by atoms with Gasteiger partial charge in [0.2, 0.25) is 0 Å². The molecule has 0 fully saturated rings. The molecule has 0 unspecified atom stereocenters. The van der Waals surface area contributed by atoms with Crippen molar-refractivity contribution in [3.8, 4) is 0 Å². The van der Waals surface area contributed by atoms with Gasteiger partial charge in [0.05, 0.1) is 23.1 Å². The number of rotatable bonds is 4. The number of imidazole rings is 1. The Morgan fingerprint density at radius 3 is 2.65 bits per heavy atom. The maximum absolute atomic E-state index is 13.2. The largest absolute Gasteiger partial charge is 0.478 e. The van der Waals surface area contributed by atoms with Gasteiger partial charge in [-0.25, -0.2) is 18.6 Å². The first-order chi connectivity index (χ1) is 9.24. The van der Waals surface area contributed by atoms with Gasteiger partial charge in [-0.15, -0.1) is 0 Å². The zero-order valence-electron chi connectivity index (χ0n) is 10.3. The van der Waals surface area contributed by atoms with Gasteiger partial charge in [0.25, 0.3) is 0 Å². The highest BCUT2D eigenvalue weighted by molar-refractivity contribution is 6.01. The van der Waals surface area contributed by atoms with Crippen LogP contribution in [0.3, 0.4) is 0 Å². The van der Waals surface area contributed by atoms with E-state index in [1.54, 1.807) is 0 Å². The van der Waals surface area contributed by atoms with Crippen LogP contribution >= 0.6 is 0 Å². The number of aromatic nitrogens is 2. The van der Waals surface area contributed by atoms with Gasteiger partial charge in [0.15, 0.2) is 0 Å². The van der Waals surface area contributed by atoms with Gasteiger partial charge in [-0.2, -0.15) is 8.78 Å². The summed E-state index contributed by atoms with van der Waals surface area (Å²) >= 11 is 0. The van der Waals surface area contributed by atoms with E-state index in [1.807, 2.05) is 0 Å². The molecular weight excluding hydrogens is 280 g/mol. The van der Waals surface area contributed by atoms with E-state index in [0.29, 0.717) is 0 Å². The second-order valence-corrected chi connectivity index (χ2v) is 4.29. The molecule has 0 aliphatic heterocycles. The van der Waals surface area contributed by atoms with Gasteiger partial charge < -0.3 is 9.67 Å². The fourth-order valence-corrected chi connectivity index (χ4v) is 1.95. The standard InChI is InChI=1S/C12H10F4N2O2/c1-6-17-8-4-2-3-7(10(19)20)9(8)18(6)5-12(15,16)11(13)14/h2-4,11H,5H2,1H3,(H,19,20). The summed E-state index contributed by atoms with van der Waals surface area (Å²) in [6.45, 7) is 0.0322. The van der Waals surface area contributed by atoms with Crippen LogP contribution in [0.15, 0.2) is 18.2 Å². The van der Waals surface area contributed by atoms with Crippen LogP contribution in [0.4, 0.5) is 17.6 Å². The highest BCUT2D eigenvalue weighted by atomic mass is 19.3. The van der Waals surface area contributed by atoms with Crippen LogP contribution in [-0.2, 0) is 6.54 Å². The molecule has 0 amide bonds. The Morgan fingerprint density at radius 2 is 2.10 bits per heavy atom. The minimum absolute atomic E-state index is 0.0500. The third-order valence-electron chi connectivity index (χ3n) is 2.88.